The van der Waals surface area contributed by atoms with Crippen LogP contribution in [-0.2, 0) is 13.6 Å². The Morgan fingerprint density at radius 2 is 2.14 bits per heavy atom. The second-order valence-corrected chi connectivity index (χ2v) is 7.85. The number of nitrogens with zero attached hydrogens (tertiary/aromatic N) is 2. The van der Waals surface area contributed by atoms with Gasteiger partial charge in [-0.25, -0.2) is 9.18 Å². The molecule has 1 saturated carbocycles. The summed E-state index contributed by atoms with van der Waals surface area (Å²) in [7, 11) is 1.81. The number of aryl methyl sites for hydroxylation is 1. The van der Waals surface area contributed by atoms with Gasteiger partial charge in [0.1, 0.15) is 10.6 Å². The first kappa shape index (κ1) is 18.4. The molecule has 3 amide bonds. The fourth-order valence-electron chi connectivity index (χ4n) is 3.07. The molecule has 0 unspecified atom stereocenters. The van der Waals surface area contributed by atoms with Crippen molar-refractivity contribution < 1.29 is 14.0 Å². The van der Waals surface area contributed by atoms with E-state index in [9.17, 15) is 14.0 Å². The summed E-state index contributed by atoms with van der Waals surface area (Å²) in [4.78, 5) is 26.0. The number of hydrogen-bond donors (Lipinski definition) is 3. The quantitative estimate of drug-likeness (QED) is 0.612. The number of anilines is 1. The van der Waals surface area contributed by atoms with Gasteiger partial charge in [-0.3, -0.25) is 9.48 Å². The van der Waals surface area contributed by atoms with Gasteiger partial charge in [0.05, 0.1) is 17.1 Å². The van der Waals surface area contributed by atoms with E-state index >= 15 is 0 Å². The summed E-state index contributed by atoms with van der Waals surface area (Å²) in [5, 5.41) is 13.6. The van der Waals surface area contributed by atoms with E-state index in [2.05, 4.69) is 21.0 Å². The third-order valence-electron chi connectivity index (χ3n) is 4.75. The van der Waals surface area contributed by atoms with Crippen LogP contribution >= 0.6 is 11.3 Å². The number of carbonyl (C=O) groups excluding carboxylic acids is 2. The summed E-state index contributed by atoms with van der Waals surface area (Å²) in [5.41, 5.74) is 1.04. The van der Waals surface area contributed by atoms with E-state index in [0.717, 1.165) is 29.5 Å². The summed E-state index contributed by atoms with van der Waals surface area (Å²) < 4.78 is 14.9. The minimum Gasteiger partial charge on any atom is -0.349 e. The Morgan fingerprint density at radius 3 is 2.86 bits per heavy atom. The molecule has 0 atom stereocenters. The van der Waals surface area contributed by atoms with Crippen molar-refractivity contribution in [3.05, 3.63) is 46.7 Å². The molecule has 1 aliphatic rings. The van der Waals surface area contributed by atoms with E-state index in [4.69, 9.17) is 0 Å². The molecule has 1 fully saturated rings. The van der Waals surface area contributed by atoms with Gasteiger partial charge in [0.25, 0.3) is 5.91 Å². The van der Waals surface area contributed by atoms with Gasteiger partial charge in [0, 0.05) is 24.2 Å². The van der Waals surface area contributed by atoms with Gasteiger partial charge >= 0.3 is 6.03 Å². The number of rotatable bonds is 5. The summed E-state index contributed by atoms with van der Waals surface area (Å²) in [6.07, 6.45) is 3.23. The second-order valence-electron chi connectivity index (χ2n) is 6.82. The van der Waals surface area contributed by atoms with Crippen LogP contribution in [0.4, 0.5) is 14.9 Å². The van der Waals surface area contributed by atoms with Crippen LogP contribution in [0.2, 0.25) is 0 Å². The summed E-state index contributed by atoms with van der Waals surface area (Å²) >= 11 is 1.39. The molecule has 1 aromatic carbocycles. The first-order valence-electron chi connectivity index (χ1n) is 9.06. The molecular formula is C19H20FN5O2S. The molecule has 3 N–H and O–H groups in total. The monoisotopic (exact) mass is 401 g/mol. The fraction of sp³-hybridized carbons (Fsp3) is 0.316. The lowest BCUT2D eigenvalue weighted by atomic mass is 9.93. The van der Waals surface area contributed by atoms with Crippen LogP contribution in [0, 0.1) is 5.82 Å². The Balaban J connectivity index is 1.43. The Kier molecular flexibility index (Phi) is 4.99. The predicted octanol–water partition coefficient (Wildman–Crippen LogP) is 3.38. The van der Waals surface area contributed by atoms with Crippen molar-refractivity contribution in [1.82, 2.24) is 20.4 Å². The van der Waals surface area contributed by atoms with E-state index in [1.54, 1.807) is 10.7 Å². The van der Waals surface area contributed by atoms with E-state index in [1.165, 1.54) is 29.5 Å². The molecular weight excluding hydrogens is 381 g/mol. The molecule has 146 valence electrons. The topological polar surface area (TPSA) is 88.1 Å². The maximum Gasteiger partial charge on any atom is 0.319 e. The largest absolute Gasteiger partial charge is 0.349 e. The van der Waals surface area contributed by atoms with Gasteiger partial charge in [-0.15, -0.1) is 11.3 Å². The third-order valence-corrected chi connectivity index (χ3v) is 5.95. The van der Waals surface area contributed by atoms with Gasteiger partial charge < -0.3 is 16.0 Å². The molecule has 2 aromatic heterocycles. The highest BCUT2D eigenvalue weighted by Gasteiger charge is 2.22. The lowest BCUT2D eigenvalue weighted by Gasteiger charge is -2.25. The fourth-order valence-corrected chi connectivity index (χ4v) is 4.06. The first-order valence-corrected chi connectivity index (χ1v) is 9.88. The number of nitrogens with one attached hydrogen (secondary N) is 3. The van der Waals surface area contributed by atoms with Crippen LogP contribution in [-0.4, -0.2) is 27.8 Å². The Bertz CT molecular complexity index is 1040. The highest BCUT2D eigenvalue weighted by molar-refractivity contribution is 7.20. The smallest absolute Gasteiger partial charge is 0.319 e. The van der Waals surface area contributed by atoms with Crippen molar-refractivity contribution in [1.29, 1.82) is 0 Å². The molecule has 4 rings (SSSR count). The number of urea groups is 1. The zero-order chi connectivity index (χ0) is 19.7. The van der Waals surface area contributed by atoms with Crippen molar-refractivity contribution in [2.75, 3.05) is 5.32 Å². The molecule has 7 nitrogen and oxygen atoms in total. The molecule has 2 heterocycles. The average molecular weight is 401 g/mol. The van der Waals surface area contributed by atoms with Gasteiger partial charge in [-0.2, -0.15) is 5.10 Å². The first-order chi connectivity index (χ1) is 13.5. The maximum atomic E-state index is 13.2. The summed E-state index contributed by atoms with van der Waals surface area (Å²) in [5.74, 6) is -0.483. The van der Waals surface area contributed by atoms with Crippen molar-refractivity contribution in [2.24, 2.45) is 7.05 Å². The molecule has 0 radical (unpaired) electrons. The number of hydrogen-bond acceptors (Lipinski definition) is 4. The SMILES string of the molecule is Cn1nc(CNC(=O)Nc2cccc(F)c2)c2cc(C(=O)NC3CCC3)sc21. The van der Waals surface area contributed by atoms with Crippen LogP contribution in [0.15, 0.2) is 30.3 Å². The molecule has 3 aromatic rings. The van der Waals surface area contributed by atoms with Crippen LogP contribution in [0.3, 0.4) is 0 Å². The van der Waals surface area contributed by atoms with Crippen molar-refractivity contribution >= 4 is 39.2 Å². The minimum absolute atomic E-state index is 0.0614. The molecule has 28 heavy (non-hydrogen) atoms. The highest BCUT2D eigenvalue weighted by Crippen LogP contribution is 2.29. The van der Waals surface area contributed by atoms with E-state index in [-0.39, 0.29) is 18.5 Å². The molecule has 9 heteroatoms. The van der Waals surface area contributed by atoms with Crippen molar-refractivity contribution in [2.45, 2.75) is 31.8 Å². The number of halogens is 1. The van der Waals surface area contributed by atoms with Crippen LogP contribution in [0.25, 0.3) is 10.2 Å². The number of fused-ring (bicyclic) bond motifs is 1. The van der Waals surface area contributed by atoms with Crippen LogP contribution in [0.1, 0.15) is 34.6 Å². The molecule has 0 bridgehead atoms. The normalized spacial score (nSPS) is 13.9. The number of thiophene rings is 1. The zero-order valence-corrected chi connectivity index (χ0v) is 16.1. The van der Waals surface area contributed by atoms with Crippen LogP contribution in [0.5, 0.6) is 0 Å². The van der Waals surface area contributed by atoms with Crippen LogP contribution < -0.4 is 16.0 Å². The predicted molar refractivity (Wildman–Crippen MR) is 106 cm³/mol. The number of amides is 3. The van der Waals surface area contributed by atoms with Gasteiger partial charge in [0.2, 0.25) is 0 Å². The van der Waals surface area contributed by atoms with E-state index in [1.807, 2.05) is 13.1 Å². The lowest BCUT2D eigenvalue weighted by molar-refractivity contribution is 0.0921. The van der Waals surface area contributed by atoms with Crippen molar-refractivity contribution in [3.8, 4) is 0 Å². The Hall–Kier alpha value is -2.94. The summed E-state index contributed by atoms with van der Waals surface area (Å²) in [6.45, 7) is 0.193. The number of benzene rings is 1. The minimum atomic E-state index is -0.456. The number of aromatic nitrogens is 2. The molecule has 0 saturated heterocycles. The zero-order valence-electron chi connectivity index (χ0n) is 15.3. The second kappa shape index (κ2) is 7.59. The number of carbonyl (C=O) groups is 2. The standard InChI is InChI=1S/C19H20FN5O2S/c1-25-18-14(9-16(28-18)17(26)22-12-5-3-6-12)15(24-25)10-21-19(27)23-13-7-2-4-11(20)8-13/h2,4,7-9,12H,3,5-6,10H2,1H3,(H,22,26)(H2,21,23,27). The Morgan fingerprint density at radius 1 is 1.32 bits per heavy atom. The molecule has 1 aliphatic carbocycles. The third kappa shape index (κ3) is 3.84. The Labute approximate surface area is 164 Å². The average Bonchev–Trinajstić information content (AvgIpc) is 3.17. The summed E-state index contributed by atoms with van der Waals surface area (Å²) in [6, 6.07) is 7.32. The van der Waals surface area contributed by atoms with Gasteiger partial charge in [-0.1, -0.05) is 6.07 Å². The van der Waals surface area contributed by atoms with Gasteiger partial charge in [0.15, 0.2) is 0 Å². The maximum absolute atomic E-state index is 13.2. The highest BCUT2D eigenvalue weighted by atomic mass is 32.1. The molecule has 0 aliphatic heterocycles. The van der Waals surface area contributed by atoms with E-state index < -0.39 is 11.8 Å². The van der Waals surface area contributed by atoms with Crippen molar-refractivity contribution in [3.63, 3.8) is 0 Å². The van der Waals surface area contributed by atoms with E-state index in [0.29, 0.717) is 16.3 Å². The lowest BCUT2D eigenvalue weighted by Crippen LogP contribution is -2.39. The molecule has 0 spiro atoms. The van der Waals surface area contributed by atoms with Gasteiger partial charge in [-0.05, 0) is 43.5 Å².